The van der Waals surface area contributed by atoms with Gasteiger partial charge in [0.1, 0.15) is 19.0 Å². The van der Waals surface area contributed by atoms with E-state index < -0.39 is 0 Å². The van der Waals surface area contributed by atoms with Crippen molar-refractivity contribution in [2.24, 2.45) is 0 Å². The zero-order valence-corrected chi connectivity index (χ0v) is 16.5. The molecule has 1 aromatic heterocycles. The number of para-hydroxylation sites is 2. The summed E-state index contributed by atoms with van der Waals surface area (Å²) in [6.45, 7) is 1.17. The van der Waals surface area contributed by atoms with Crippen LogP contribution in [0.4, 0.5) is 0 Å². The van der Waals surface area contributed by atoms with Gasteiger partial charge in [0.25, 0.3) is 5.56 Å². The quantitative estimate of drug-likeness (QED) is 0.716. The molecule has 3 heterocycles. The van der Waals surface area contributed by atoms with Crippen molar-refractivity contribution in [3.63, 3.8) is 0 Å². The minimum atomic E-state index is -0.275. The average molecular weight is 407 g/mol. The number of phenolic OH excluding ortho intramolecular Hbond substituents is 1. The van der Waals surface area contributed by atoms with Crippen molar-refractivity contribution >= 4 is 0 Å². The Morgan fingerprint density at radius 1 is 1.17 bits per heavy atom. The molecule has 1 unspecified atom stereocenters. The van der Waals surface area contributed by atoms with Crippen molar-refractivity contribution in [3.8, 4) is 40.0 Å². The molecule has 7 nitrogen and oxygen atoms in total. The Bertz CT molecular complexity index is 1170. The molecule has 5 rings (SSSR count). The number of ether oxygens (including phenoxy) is 4. The molecule has 3 aromatic rings. The predicted molar refractivity (Wildman–Crippen MR) is 110 cm³/mol. The lowest BCUT2D eigenvalue weighted by atomic mass is 9.96. The summed E-state index contributed by atoms with van der Waals surface area (Å²) in [5, 5.41) is 10.1. The fraction of sp³-hybridized carbons (Fsp3) is 0.261. The third-order valence-corrected chi connectivity index (χ3v) is 5.39. The van der Waals surface area contributed by atoms with Crippen LogP contribution in [-0.2, 0) is 13.0 Å². The maximum Gasteiger partial charge on any atom is 0.254 e. The Balaban J connectivity index is 1.40. The van der Waals surface area contributed by atoms with Gasteiger partial charge < -0.3 is 28.6 Å². The lowest BCUT2D eigenvalue weighted by molar-refractivity contribution is 0.0535. The van der Waals surface area contributed by atoms with Crippen LogP contribution in [0.3, 0.4) is 0 Å². The number of hydrogen-bond acceptors (Lipinski definition) is 6. The van der Waals surface area contributed by atoms with Crippen LogP contribution in [0.15, 0.2) is 53.3 Å². The zero-order chi connectivity index (χ0) is 20.7. The molecule has 0 aliphatic carbocycles. The maximum absolute atomic E-state index is 12.7. The van der Waals surface area contributed by atoms with E-state index in [1.165, 1.54) is 13.2 Å². The van der Waals surface area contributed by atoms with Crippen LogP contribution in [0, 0.1) is 0 Å². The van der Waals surface area contributed by atoms with Gasteiger partial charge in [-0.15, -0.1) is 0 Å². The number of aryl methyl sites for hydroxylation is 1. The fourth-order valence-electron chi connectivity index (χ4n) is 3.90. The first kappa shape index (κ1) is 18.4. The van der Waals surface area contributed by atoms with Gasteiger partial charge in [0.2, 0.25) is 0 Å². The summed E-state index contributed by atoms with van der Waals surface area (Å²) < 4.78 is 24.5. The number of fused-ring (bicyclic) bond motifs is 4. The summed E-state index contributed by atoms with van der Waals surface area (Å²) in [5.41, 5.74) is 2.42. The van der Waals surface area contributed by atoms with Crippen LogP contribution < -0.4 is 24.5 Å². The predicted octanol–water partition coefficient (Wildman–Crippen LogP) is 3.00. The second kappa shape index (κ2) is 7.33. The molecule has 0 saturated heterocycles. The van der Waals surface area contributed by atoms with Crippen molar-refractivity contribution in [2.75, 3.05) is 20.3 Å². The van der Waals surface area contributed by atoms with E-state index in [4.69, 9.17) is 18.9 Å². The summed E-state index contributed by atoms with van der Waals surface area (Å²) in [6.07, 6.45) is 0.384. The first-order valence-corrected chi connectivity index (χ1v) is 9.79. The standard InChI is InChI=1S/C23H21NO6/c1-27-22-11-17-14(8-19(22)25)6-7-24-18(17)9-15(10-23(24)26)28-12-16-13-29-20-4-2-3-5-21(20)30-16/h2-5,8-11,16,25H,6-7,12-13H2,1H3. The Morgan fingerprint density at radius 2 is 2.00 bits per heavy atom. The molecule has 154 valence electrons. The number of aromatic hydroxyl groups is 1. The Morgan fingerprint density at radius 3 is 2.83 bits per heavy atom. The van der Waals surface area contributed by atoms with E-state index >= 15 is 0 Å². The van der Waals surface area contributed by atoms with E-state index in [2.05, 4.69) is 0 Å². The number of hydrogen-bond donors (Lipinski definition) is 1. The number of pyridine rings is 1. The van der Waals surface area contributed by atoms with Crippen molar-refractivity contribution in [1.82, 2.24) is 4.57 Å². The van der Waals surface area contributed by atoms with E-state index in [1.807, 2.05) is 30.3 Å². The molecule has 2 aliphatic rings. The first-order chi connectivity index (χ1) is 14.6. The van der Waals surface area contributed by atoms with Crippen molar-refractivity contribution in [3.05, 3.63) is 64.4 Å². The summed E-state index contributed by atoms with van der Waals surface area (Å²) in [7, 11) is 1.50. The molecule has 0 bridgehead atoms. The van der Waals surface area contributed by atoms with Gasteiger partial charge in [-0.25, -0.2) is 0 Å². The highest BCUT2D eigenvalue weighted by Gasteiger charge is 2.23. The number of methoxy groups -OCH3 is 1. The highest BCUT2D eigenvalue weighted by atomic mass is 16.6. The SMILES string of the molecule is COc1cc2c(cc1O)CCn1c-2cc(OCC2COc3ccccc3O2)cc1=O. The molecule has 30 heavy (non-hydrogen) atoms. The molecule has 1 atom stereocenters. The second-order valence-corrected chi connectivity index (χ2v) is 7.31. The first-order valence-electron chi connectivity index (χ1n) is 9.79. The minimum absolute atomic E-state index is 0.0918. The smallest absolute Gasteiger partial charge is 0.254 e. The number of benzene rings is 2. The molecule has 0 saturated carbocycles. The summed E-state index contributed by atoms with van der Waals surface area (Å²) >= 11 is 0. The number of aromatic nitrogens is 1. The van der Waals surface area contributed by atoms with Gasteiger partial charge in [-0.2, -0.15) is 0 Å². The summed E-state index contributed by atoms with van der Waals surface area (Å²) in [4.78, 5) is 12.7. The molecular formula is C23H21NO6. The van der Waals surface area contributed by atoms with Gasteiger partial charge in [-0.1, -0.05) is 12.1 Å². The minimum Gasteiger partial charge on any atom is -0.504 e. The Hall–Kier alpha value is -3.61. The summed E-state index contributed by atoms with van der Waals surface area (Å²) in [5.74, 6) is 2.33. The molecular weight excluding hydrogens is 386 g/mol. The van der Waals surface area contributed by atoms with E-state index in [9.17, 15) is 9.90 Å². The van der Waals surface area contributed by atoms with Crippen molar-refractivity contribution in [2.45, 2.75) is 19.1 Å². The van der Waals surface area contributed by atoms with Crippen molar-refractivity contribution in [1.29, 1.82) is 0 Å². The maximum atomic E-state index is 12.7. The van der Waals surface area contributed by atoms with E-state index in [1.54, 1.807) is 16.7 Å². The second-order valence-electron chi connectivity index (χ2n) is 7.31. The van der Waals surface area contributed by atoms with E-state index in [-0.39, 0.29) is 24.0 Å². The highest BCUT2D eigenvalue weighted by molar-refractivity contribution is 5.71. The van der Waals surface area contributed by atoms with Gasteiger partial charge >= 0.3 is 0 Å². The highest BCUT2D eigenvalue weighted by Crippen LogP contribution is 2.38. The number of phenols is 1. The molecule has 1 N–H and O–H groups in total. The van der Waals surface area contributed by atoms with Crippen LogP contribution in [0.2, 0.25) is 0 Å². The van der Waals surface area contributed by atoms with Crippen LogP contribution in [0.5, 0.6) is 28.7 Å². The van der Waals surface area contributed by atoms with Gasteiger partial charge in [-0.3, -0.25) is 4.79 Å². The normalized spacial score (nSPS) is 16.4. The molecule has 2 aliphatic heterocycles. The van der Waals surface area contributed by atoms with Gasteiger partial charge in [0.05, 0.1) is 12.8 Å². The average Bonchev–Trinajstić information content (AvgIpc) is 2.77. The zero-order valence-electron chi connectivity index (χ0n) is 16.5. The third kappa shape index (κ3) is 3.22. The van der Waals surface area contributed by atoms with Gasteiger partial charge in [0, 0.05) is 24.2 Å². The fourth-order valence-corrected chi connectivity index (χ4v) is 3.90. The molecule has 0 radical (unpaired) electrons. The van der Waals surface area contributed by atoms with Crippen LogP contribution >= 0.6 is 0 Å². The van der Waals surface area contributed by atoms with Gasteiger partial charge in [0.15, 0.2) is 29.1 Å². The Labute approximate surface area is 173 Å². The van der Waals surface area contributed by atoms with E-state index in [0.717, 1.165) is 22.6 Å². The third-order valence-electron chi connectivity index (χ3n) is 5.39. The van der Waals surface area contributed by atoms with Crippen LogP contribution in [-0.4, -0.2) is 36.1 Å². The molecule has 2 aromatic carbocycles. The molecule has 0 spiro atoms. The van der Waals surface area contributed by atoms with Crippen LogP contribution in [0.25, 0.3) is 11.3 Å². The molecule has 0 amide bonds. The molecule has 0 fully saturated rings. The monoisotopic (exact) mass is 407 g/mol. The number of nitrogens with zero attached hydrogens (tertiary/aromatic N) is 1. The Kier molecular flexibility index (Phi) is 4.50. The van der Waals surface area contributed by atoms with E-state index in [0.29, 0.717) is 36.8 Å². The van der Waals surface area contributed by atoms with Crippen LogP contribution in [0.1, 0.15) is 5.56 Å². The van der Waals surface area contributed by atoms with Gasteiger partial charge in [-0.05, 0) is 36.2 Å². The number of rotatable bonds is 4. The topological polar surface area (TPSA) is 79.2 Å². The van der Waals surface area contributed by atoms with Crippen molar-refractivity contribution < 1.29 is 24.1 Å². The molecule has 7 heteroatoms. The lowest BCUT2D eigenvalue weighted by Gasteiger charge is -2.27. The largest absolute Gasteiger partial charge is 0.504 e. The summed E-state index contributed by atoms with van der Waals surface area (Å²) in [6, 6.07) is 14.3. The lowest BCUT2D eigenvalue weighted by Crippen LogP contribution is -2.34.